The van der Waals surface area contributed by atoms with E-state index in [0.29, 0.717) is 0 Å². The minimum atomic E-state index is -1.41. The van der Waals surface area contributed by atoms with Crippen LogP contribution in [-0.4, -0.2) is 76.4 Å². The van der Waals surface area contributed by atoms with Gasteiger partial charge in [-0.05, 0) is 19.8 Å². The lowest BCUT2D eigenvalue weighted by molar-refractivity contribution is -0.142. The second-order valence-electron chi connectivity index (χ2n) is 5.36. The molecule has 4 atom stereocenters. The maximum absolute atomic E-state index is 12.0. The standard InChI is InChI=1S/C13H26N6O6/c1-6(21)9(14)11(23)19-8(5-20)10(22)18-7(12(24)25)3-2-4-17-13(15)16/h6-9,20-21H,2-5,14H2,1H3,(H,18,22)(H,19,23)(H,24,25)(H4,15,16,17). The van der Waals surface area contributed by atoms with Crippen molar-refractivity contribution in [1.29, 1.82) is 0 Å². The third kappa shape index (κ3) is 8.83. The Morgan fingerprint density at radius 3 is 2.12 bits per heavy atom. The van der Waals surface area contributed by atoms with Crippen molar-refractivity contribution in [2.24, 2.45) is 22.2 Å². The molecule has 0 saturated carbocycles. The number of aliphatic imine (C=N–C) groups is 1. The van der Waals surface area contributed by atoms with Crippen LogP contribution < -0.4 is 27.8 Å². The van der Waals surface area contributed by atoms with Gasteiger partial charge in [0.25, 0.3) is 0 Å². The summed E-state index contributed by atoms with van der Waals surface area (Å²) in [5.74, 6) is -3.18. The van der Waals surface area contributed by atoms with Crippen molar-refractivity contribution < 1.29 is 29.7 Å². The molecule has 0 bridgehead atoms. The quantitative estimate of drug-likeness (QED) is 0.101. The third-order valence-corrected chi connectivity index (χ3v) is 3.20. The first kappa shape index (κ1) is 22.6. The van der Waals surface area contributed by atoms with Gasteiger partial charge in [-0.1, -0.05) is 0 Å². The largest absolute Gasteiger partial charge is 0.480 e. The summed E-state index contributed by atoms with van der Waals surface area (Å²) < 4.78 is 0. The van der Waals surface area contributed by atoms with Crippen LogP contribution in [0.5, 0.6) is 0 Å². The maximum atomic E-state index is 12.0. The lowest BCUT2D eigenvalue weighted by Gasteiger charge is -2.22. The first-order chi connectivity index (χ1) is 11.6. The van der Waals surface area contributed by atoms with Crippen molar-refractivity contribution in [3.63, 3.8) is 0 Å². The van der Waals surface area contributed by atoms with Crippen LogP contribution in [0.3, 0.4) is 0 Å². The number of rotatable bonds is 11. The molecule has 0 aliphatic carbocycles. The molecule has 11 N–H and O–H groups in total. The van der Waals surface area contributed by atoms with E-state index >= 15 is 0 Å². The SMILES string of the molecule is CC(O)C(N)C(=O)NC(CO)C(=O)NC(CCCN=C(N)N)C(=O)O. The zero-order valence-corrected chi connectivity index (χ0v) is 13.9. The van der Waals surface area contributed by atoms with Crippen LogP contribution in [-0.2, 0) is 14.4 Å². The number of carboxylic acids is 1. The molecule has 4 unspecified atom stereocenters. The van der Waals surface area contributed by atoms with Crippen LogP contribution in [0.2, 0.25) is 0 Å². The fourth-order valence-electron chi connectivity index (χ4n) is 1.71. The summed E-state index contributed by atoms with van der Waals surface area (Å²) in [5.41, 5.74) is 15.7. The minimum absolute atomic E-state index is 0.0388. The summed E-state index contributed by atoms with van der Waals surface area (Å²) in [6, 6.07) is -3.95. The molecule has 0 heterocycles. The highest BCUT2D eigenvalue weighted by Gasteiger charge is 2.28. The minimum Gasteiger partial charge on any atom is -0.480 e. The van der Waals surface area contributed by atoms with Crippen LogP contribution in [0.25, 0.3) is 0 Å². The predicted molar refractivity (Wildman–Crippen MR) is 88.2 cm³/mol. The van der Waals surface area contributed by atoms with Gasteiger partial charge in [-0.3, -0.25) is 14.6 Å². The number of aliphatic hydroxyl groups excluding tert-OH is 2. The molecule has 25 heavy (non-hydrogen) atoms. The molecule has 12 heteroatoms. The maximum Gasteiger partial charge on any atom is 0.326 e. The number of hydrogen-bond acceptors (Lipinski definition) is 7. The molecule has 0 saturated heterocycles. The number of hydrogen-bond donors (Lipinski definition) is 8. The van der Waals surface area contributed by atoms with Gasteiger partial charge in [-0.25, -0.2) is 4.79 Å². The lowest BCUT2D eigenvalue weighted by atomic mass is 10.1. The predicted octanol–water partition coefficient (Wildman–Crippen LogP) is -4.21. The van der Waals surface area contributed by atoms with Crippen molar-refractivity contribution in [3.05, 3.63) is 0 Å². The number of carbonyl (C=O) groups excluding carboxylic acids is 2. The average Bonchev–Trinajstić information content (AvgIpc) is 2.53. The molecule has 0 aliphatic heterocycles. The molecule has 0 aliphatic rings. The molecule has 0 fully saturated rings. The smallest absolute Gasteiger partial charge is 0.326 e. The summed E-state index contributed by atoms with van der Waals surface area (Å²) >= 11 is 0. The molecular weight excluding hydrogens is 336 g/mol. The van der Waals surface area contributed by atoms with E-state index < -0.39 is 48.6 Å². The first-order valence-corrected chi connectivity index (χ1v) is 7.53. The molecular formula is C13H26N6O6. The monoisotopic (exact) mass is 362 g/mol. The Hall–Kier alpha value is -2.44. The first-order valence-electron chi connectivity index (χ1n) is 7.53. The number of nitrogens with two attached hydrogens (primary N) is 3. The van der Waals surface area contributed by atoms with Gasteiger partial charge in [0.15, 0.2) is 5.96 Å². The van der Waals surface area contributed by atoms with Gasteiger partial charge in [0.2, 0.25) is 11.8 Å². The zero-order chi connectivity index (χ0) is 19.6. The second kappa shape index (κ2) is 11.2. The highest BCUT2D eigenvalue weighted by atomic mass is 16.4. The summed E-state index contributed by atoms with van der Waals surface area (Å²) in [4.78, 5) is 38.6. The lowest BCUT2D eigenvalue weighted by Crippen LogP contribution is -2.57. The fraction of sp³-hybridized carbons (Fsp3) is 0.692. The van der Waals surface area contributed by atoms with Crippen molar-refractivity contribution in [1.82, 2.24) is 10.6 Å². The van der Waals surface area contributed by atoms with Crippen LogP contribution in [0.4, 0.5) is 0 Å². The number of aliphatic hydroxyl groups is 2. The van der Waals surface area contributed by atoms with Crippen LogP contribution >= 0.6 is 0 Å². The van der Waals surface area contributed by atoms with Gasteiger partial charge >= 0.3 is 5.97 Å². The van der Waals surface area contributed by atoms with Crippen molar-refractivity contribution in [2.45, 2.75) is 44.0 Å². The van der Waals surface area contributed by atoms with E-state index in [4.69, 9.17) is 22.3 Å². The van der Waals surface area contributed by atoms with Gasteiger partial charge in [0.05, 0.1) is 12.7 Å². The van der Waals surface area contributed by atoms with Gasteiger partial charge in [0, 0.05) is 6.54 Å². The number of nitrogens with one attached hydrogen (secondary N) is 2. The van der Waals surface area contributed by atoms with Crippen molar-refractivity contribution >= 4 is 23.7 Å². The Morgan fingerprint density at radius 2 is 1.68 bits per heavy atom. The highest BCUT2D eigenvalue weighted by molar-refractivity contribution is 5.92. The molecule has 0 rings (SSSR count). The molecule has 0 aromatic carbocycles. The summed E-state index contributed by atoms with van der Waals surface area (Å²) in [7, 11) is 0. The topological polar surface area (TPSA) is 226 Å². The number of amides is 2. The van der Waals surface area contributed by atoms with Gasteiger partial charge in [-0.15, -0.1) is 0 Å². The van der Waals surface area contributed by atoms with E-state index in [2.05, 4.69) is 15.6 Å². The van der Waals surface area contributed by atoms with E-state index in [1.54, 1.807) is 0 Å². The van der Waals surface area contributed by atoms with Crippen LogP contribution in [0.1, 0.15) is 19.8 Å². The third-order valence-electron chi connectivity index (χ3n) is 3.20. The summed E-state index contributed by atoms with van der Waals surface area (Å²) in [6.07, 6.45) is -0.834. The Balaban J connectivity index is 4.71. The van der Waals surface area contributed by atoms with E-state index in [1.807, 2.05) is 0 Å². The van der Waals surface area contributed by atoms with Gasteiger partial charge < -0.3 is 43.2 Å². The molecule has 0 spiro atoms. The normalized spacial score (nSPS) is 15.4. The number of guanidine groups is 1. The van der Waals surface area contributed by atoms with Crippen molar-refractivity contribution in [3.8, 4) is 0 Å². The molecule has 12 nitrogen and oxygen atoms in total. The zero-order valence-electron chi connectivity index (χ0n) is 13.9. The molecule has 0 radical (unpaired) electrons. The Bertz CT molecular complexity index is 493. The number of carbonyl (C=O) groups is 3. The van der Waals surface area contributed by atoms with E-state index in [0.717, 1.165) is 0 Å². The average molecular weight is 362 g/mol. The Labute approximate surface area is 144 Å². The van der Waals surface area contributed by atoms with Crippen LogP contribution in [0.15, 0.2) is 4.99 Å². The number of aliphatic carboxylic acids is 1. The Kier molecular flexibility index (Phi) is 10.1. The second-order valence-corrected chi connectivity index (χ2v) is 5.36. The molecule has 0 aromatic rings. The van der Waals surface area contributed by atoms with Crippen molar-refractivity contribution in [2.75, 3.05) is 13.2 Å². The van der Waals surface area contributed by atoms with E-state index in [1.165, 1.54) is 6.92 Å². The van der Waals surface area contributed by atoms with Gasteiger partial charge in [0.1, 0.15) is 18.1 Å². The fourth-order valence-corrected chi connectivity index (χ4v) is 1.71. The molecule has 0 aromatic heterocycles. The van der Waals surface area contributed by atoms with Gasteiger partial charge in [-0.2, -0.15) is 0 Å². The summed E-state index contributed by atoms with van der Waals surface area (Å²) in [5, 5.41) is 31.9. The number of carboxylic acid groups (broad SMARTS) is 1. The van der Waals surface area contributed by atoms with Crippen LogP contribution in [0, 0.1) is 0 Å². The van der Waals surface area contributed by atoms with E-state index in [-0.39, 0.29) is 25.3 Å². The van der Waals surface area contributed by atoms with E-state index in [9.17, 15) is 24.6 Å². The Morgan fingerprint density at radius 1 is 1.12 bits per heavy atom. The number of nitrogens with zero attached hydrogens (tertiary/aromatic N) is 1. The molecule has 2 amide bonds. The molecule has 144 valence electrons. The summed E-state index contributed by atoms with van der Waals surface area (Å²) in [6.45, 7) is 0.700. The highest BCUT2D eigenvalue weighted by Crippen LogP contribution is 2.00.